The van der Waals surface area contributed by atoms with E-state index in [0.29, 0.717) is 36.1 Å². The molecule has 1 saturated heterocycles. The van der Waals surface area contributed by atoms with Gasteiger partial charge in [-0.25, -0.2) is 4.98 Å². The highest BCUT2D eigenvalue weighted by Crippen LogP contribution is 2.28. The van der Waals surface area contributed by atoms with Gasteiger partial charge in [-0.2, -0.15) is 5.26 Å². The molecule has 106 valence electrons. The lowest BCUT2D eigenvalue weighted by molar-refractivity contribution is -0.144. The Hall–Kier alpha value is -1.84. The summed E-state index contributed by atoms with van der Waals surface area (Å²) in [5.74, 6) is 0.227. The maximum absolute atomic E-state index is 11.3. The maximum atomic E-state index is 11.3. The summed E-state index contributed by atoms with van der Waals surface area (Å²) in [5.41, 5.74) is 0.382. The summed E-state index contributed by atoms with van der Waals surface area (Å²) in [6.45, 7) is 1.56. The summed E-state index contributed by atoms with van der Waals surface area (Å²) in [7, 11) is 1.34. The molecule has 1 aromatic heterocycles. The smallest absolute Gasteiger partial charge is 0.308 e. The number of nitriles is 1. The third kappa shape index (κ3) is 3.18. The molecule has 0 aromatic carbocycles. The van der Waals surface area contributed by atoms with Crippen molar-refractivity contribution in [1.29, 1.82) is 5.26 Å². The molecule has 1 aliphatic rings. The van der Waals surface area contributed by atoms with Gasteiger partial charge < -0.3 is 14.4 Å². The standard InChI is InChI=1S/C13H14ClN3O3/c1-19-11(18)6-10-8-17(4-5-20-10)13-12(14)9(7-15)2-3-16-13/h2-3,10H,4-6,8H2,1H3. The van der Waals surface area contributed by atoms with E-state index < -0.39 is 0 Å². The fourth-order valence-electron chi connectivity index (χ4n) is 2.04. The van der Waals surface area contributed by atoms with Gasteiger partial charge >= 0.3 is 5.97 Å². The van der Waals surface area contributed by atoms with Crippen molar-refractivity contribution in [3.63, 3.8) is 0 Å². The molecule has 1 atom stereocenters. The van der Waals surface area contributed by atoms with Crippen molar-refractivity contribution in [2.45, 2.75) is 12.5 Å². The Labute approximate surface area is 121 Å². The summed E-state index contributed by atoms with van der Waals surface area (Å²) in [5, 5.41) is 9.30. The highest BCUT2D eigenvalue weighted by Gasteiger charge is 2.25. The lowest BCUT2D eigenvalue weighted by atomic mass is 10.2. The number of nitrogens with zero attached hydrogens (tertiary/aromatic N) is 3. The first-order valence-corrected chi connectivity index (χ1v) is 6.51. The summed E-state index contributed by atoms with van der Waals surface area (Å²) in [6.07, 6.45) is 1.47. The average Bonchev–Trinajstić information content (AvgIpc) is 2.47. The molecule has 1 aliphatic heterocycles. The van der Waals surface area contributed by atoms with Gasteiger partial charge in [0, 0.05) is 19.3 Å². The van der Waals surface area contributed by atoms with Crippen molar-refractivity contribution in [2.75, 3.05) is 31.7 Å². The second kappa shape index (κ2) is 6.55. The largest absolute Gasteiger partial charge is 0.469 e. The Balaban J connectivity index is 2.13. The number of carbonyl (C=O) groups excluding carboxylic acids is 1. The Kier molecular flexibility index (Phi) is 4.77. The molecule has 0 spiro atoms. The number of halogens is 1. The van der Waals surface area contributed by atoms with Crippen LogP contribution in [0.5, 0.6) is 0 Å². The number of morpholine rings is 1. The Morgan fingerprint density at radius 2 is 2.55 bits per heavy atom. The fraction of sp³-hybridized carbons (Fsp3) is 0.462. The number of methoxy groups -OCH3 is 1. The second-order valence-corrected chi connectivity index (χ2v) is 4.70. The average molecular weight is 296 g/mol. The monoisotopic (exact) mass is 295 g/mol. The third-order valence-electron chi connectivity index (χ3n) is 3.05. The molecule has 2 rings (SSSR count). The van der Waals surface area contributed by atoms with Gasteiger partial charge in [0.05, 0.1) is 31.8 Å². The molecule has 0 amide bonds. The highest BCUT2D eigenvalue weighted by molar-refractivity contribution is 6.34. The van der Waals surface area contributed by atoms with Crippen LogP contribution in [0.3, 0.4) is 0 Å². The number of rotatable bonds is 3. The zero-order valence-corrected chi connectivity index (χ0v) is 11.8. The van der Waals surface area contributed by atoms with Crippen LogP contribution in [0.4, 0.5) is 5.82 Å². The Morgan fingerprint density at radius 1 is 1.75 bits per heavy atom. The molecule has 0 saturated carbocycles. The van der Waals surface area contributed by atoms with Crippen LogP contribution in [0, 0.1) is 11.3 Å². The first-order valence-electron chi connectivity index (χ1n) is 6.13. The van der Waals surface area contributed by atoms with Crippen LogP contribution in [0.15, 0.2) is 12.3 Å². The summed E-state index contributed by atoms with van der Waals surface area (Å²) in [6, 6.07) is 3.59. The Bertz CT molecular complexity index is 544. The minimum atomic E-state index is -0.318. The number of esters is 1. The molecule has 1 aromatic rings. The summed E-state index contributed by atoms with van der Waals surface area (Å²) in [4.78, 5) is 17.4. The van der Waals surface area contributed by atoms with Crippen molar-refractivity contribution in [1.82, 2.24) is 4.98 Å². The van der Waals surface area contributed by atoms with Crippen LogP contribution in [-0.2, 0) is 14.3 Å². The molecule has 1 fully saturated rings. The summed E-state index contributed by atoms with van der Waals surface area (Å²) < 4.78 is 10.2. The van der Waals surface area contributed by atoms with Gasteiger partial charge in [0.15, 0.2) is 0 Å². The predicted molar refractivity (Wildman–Crippen MR) is 72.5 cm³/mol. The minimum Gasteiger partial charge on any atom is -0.469 e. The molecule has 0 aliphatic carbocycles. The van der Waals surface area contributed by atoms with E-state index in [0.717, 1.165) is 0 Å². The first kappa shape index (κ1) is 14.6. The lowest BCUT2D eigenvalue weighted by Gasteiger charge is -2.33. The van der Waals surface area contributed by atoms with Crippen LogP contribution in [-0.4, -0.2) is 43.9 Å². The molecule has 1 unspecified atom stereocenters. The first-order chi connectivity index (χ1) is 9.65. The van der Waals surface area contributed by atoms with E-state index in [-0.39, 0.29) is 18.5 Å². The molecular weight excluding hydrogens is 282 g/mol. The molecular formula is C13H14ClN3O3. The third-order valence-corrected chi connectivity index (χ3v) is 3.42. The van der Waals surface area contributed by atoms with Crippen molar-refractivity contribution in [2.24, 2.45) is 0 Å². The number of hydrogen-bond donors (Lipinski definition) is 0. The molecule has 0 radical (unpaired) electrons. The van der Waals surface area contributed by atoms with E-state index in [1.54, 1.807) is 12.3 Å². The second-order valence-electron chi connectivity index (χ2n) is 4.33. The van der Waals surface area contributed by atoms with Gasteiger partial charge in [0.2, 0.25) is 0 Å². The van der Waals surface area contributed by atoms with E-state index in [9.17, 15) is 4.79 Å². The lowest BCUT2D eigenvalue weighted by Crippen LogP contribution is -2.44. The van der Waals surface area contributed by atoms with Crippen LogP contribution in [0.1, 0.15) is 12.0 Å². The number of hydrogen-bond acceptors (Lipinski definition) is 6. The quantitative estimate of drug-likeness (QED) is 0.784. The van der Waals surface area contributed by atoms with Crippen molar-refractivity contribution in [3.05, 3.63) is 22.8 Å². The van der Waals surface area contributed by atoms with Crippen LogP contribution in [0.25, 0.3) is 0 Å². The number of aromatic nitrogens is 1. The molecule has 2 heterocycles. The van der Waals surface area contributed by atoms with E-state index in [4.69, 9.17) is 21.6 Å². The molecule has 0 N–H and O–H groups in total. The predicted octanol–water partition coefficient (Wildman–Crippen LogP) is 1.37. The van der Waals surface area contributed by atoms with Gasteiger partial charge in [-0.15, -0.1) is 0 Å². The molecule has 0 bridgehead atoms. The topological polar surface area (TPSA) is 75.5 Å². The number of carbonyl (C=O) groups is 1. The van der Waals surface area contributed by atoms with Crippen LogP contribution >= 0.6 is 11.6 Å². The van der Waals surface area contributed by atoms with Gasteiger partial charge in [0.25, 0.3) is 0 Å². The van der Waals surface area contributed by atoms with Crippen LogP contribution in [0.2, 0.25) is 5.02 Å². The van der Waals surface area contributed by atoms with E-state index in [1.807, 2.05) is 11.0 Å². The number of anilines is 1. The van der Waals surface area contributed by atoms with E-state index in [2.05, 4.69) is 9.72 Å². The molecule has 20 heavy (non-hydrogen) atoms. The number of pyridine rings is 1. The molecule has 7 heteroatoms. The normalized spacial score (nSPS) is 18.4. The zero-order valence-electron chi connectivity index (χ0n) is 11.0. The van der Waals surface area contributed by atoms with Gasteiger partial charge in [-0.3, -0.25) is 4.79 Å². The van der Waals surface area contributed by atoms with Crippen molar-refractivity contribution in [3.8, 4) is 6.07 Å². The van der Waals surface area contributed by atoms with Gasteiger partial charge in [-0.1, -0.05) is 11.6 Å². The van der Waals surface area contributed by atoms with Crippen molar-refractivity contribution < 1.29 is 14.3 Å². The maximum Gasteiger partial charge on any atom is 0.308 e. The molecule has 6 nitrogen and oxygen atoms in total. The fourth-order valence-corrected chi connectivity index (χ4v) is 2.32. The zero-order chi connectivity index (χ0) is 14.5. The highest BCUT2D eigenvalue weighted by atomic mass is 35.5. The summed E-state index contributed by atoms with van der Waals surface area (Å²) >= 11 is 6.16. The minimum absolute atomic E-state index is 0.183. The van der Waals surface area contributed by atoms with Crippen molar-refractivity contribution >= 4 is 23.4 Å². The number of ether oxygens (including phenoxy) is 2. The van der Waals surface area contributed by atoms with E-state index in [1.165, 1.54) is 7.11 Å². The van der Waals surface area contributed by atoms with Crippen LogP contribution < -0.4 is 4.90 Å². The van der Waals surface area contributed by atoms with E-state index >= 15 is 0 Å². The van der Waals surface area contributed by atoms with Gasteiger partial charge in [-0.05, 0) is 6.07 Å². The van der Waals surface area contributed by atoms with Gasteiger partial charge in [0.1, 0.15) is 16.9 Å². The Morgan fingerprint density at radius 3 is 3.25 bits per heavy atom. The SMILES string of the molecule is COC(=O)CC1CN(c2nccc(C#N)c2Cl)CCO1.